The Morgan fingerprint density at radius 2 is 1.33 bits per heavy atom. The molecule has 0 radical (unpaired) electrons. The number of halogens is 3. The summed E-state index contributed by atoms with van der Waals surface area (Å²) in [6.07, 6.45) is -6.77. The average molecular weight is 192 g/mol. The topological polar surface area (TPSA) is 104 Å². The summed E-state index contributed by atoms with van der Waals surface area (Å²) in [5.74, 6) is -2.76. The maximum atomic E-state index is 10.6. The summed E-state index contributed by atoms with van der Waals surface area (Å²) in [6.45, 7) is 0. The molecule has 0 aliphatic carbocycles. The molecule has 0 heterocycles. The molecular weight excluding hydrogens is 189 g/mol. The molecule has 0 saturated heterocycles. The van der Waals surface area contributed by atoms with Crippen molar-refractivity contribution in [1.29, 1.82) is 0 Å². The van der Waals surface area contributed by atoms with E-state index in [0.717, 1.165) is 0 Å². The van der Waals surface area contributed by atoms with E-state index in [1.165, 1.54) is 0 Å². The lowest BCUT2D eigenvalue weighted by Gasteiger charge is -1.93. The smallest absolute Gasteiger partial charge is 0.475 e. The van der Waals surface area contributed by atoms with Crippen molar-refractivity contribution < 1.29 is 43.1 Å². The second-order valence-corrected chi connectivity index (χ2v) is 1.16. The third kappa shape index (κ3) is 11.3. The molecule has 6 nitrogen and oxygen atoms in total. The minimum Gasteiger partial charge on any atom is -0.475 e. The van der Waals surface area contributed by atoms with Crippen LogP contribution in [0.5, 0.6) is 0 Å². The number of carboxylic acids is 1. The lowest BCUT2D eigenvalue weighted by Crippen LogP contribution is -2.21. The van der Waals surface area contributed by atoms with Crippen molar-refractivity contribution >= 4 is 12.1 Å². The van der Waals surface area contributed by atoms with E-state index in [2.05, 4.69) is 4.89 Å². The molecule has 0 aromatic carbocycles. The summed E-state index contributed by atoms with van der Waals surface area (Å²) < 4.78 is 31.7. The van der Waals surface area contributed by atoms with E-state index in [-0.39, 0.29) is 0 Å². The normalized spacial score (nSPS) is 9.33. The van der Waals surface area contributed by atoms with E-state index in [1.54, 1.807) is 0 Å². The molecule has 0 aliphatic rings. The third-order valence-electron chi connectivity index (χ3n) is 0.321. The summed E-state index contributed by atoms with van der Waals surface area (Å²) in [6, 6.07) is 0. The molecule has 0 fully saturated rings. The van der Waals surface area contributed by atoms with E-state index < -0.39 is 18.3 Å². The number of rotatable bonds is 0. The van der Waals surface area contributed by atoms with Crippen LogP contribution in [0.25, 0.3) is 0 Å². The number of carboxylic acid groups (broad SMARTS) is 2. The summed E-state index contributed by atoms with van der Waals surface area (Å²) >= 11 is 0. The van der Waals surface area contributed by atoms with Crippen LogP contribution in [0, 0.1) is 0 Å². The number of hydrogen-bond donors (Lipinski definition) is 3. The van der Waals surface area contributed by atoms with E-state index in [9.17, 15) is 13.2 Å². The monoisotopic (exact) mass is 192 g/mol. The fraction of sp³-hybridized carbons (Fsp3) is 0.333. The Morgan fingerprint density at radius 3 is 1.33 bits per heavy atom. The molecule has 0 spiro atoms. The van der Waals surface area contributed by atoms with Gasteiger partial charge in [0.05, 0.1) is 0 Å². The van der Waals surface area contributed by atoms with E-state index in [1.807, 2.05) is 0 Å². The quantitative estimate of drug-likeness (QED) is 0.387. The van der Waals surface area contributed by atoms with Gasteiger partial charge in [0.15, 0.2) is 0 Å². The SMILES string of the molecule is O=C(O)C(F)(F)F.O=C(O)OO. The molecule has 0 atom stereocenters. The predicted octanol–water partition coefficient (Wildman–Crippen LogP) is 0.787. The molecule has 0 aromatic rings. The summed E-state index contributed by atoms with van der Waals surface area (Å²) in [4.78, 5) is 20.5. The van der Waals surface area contributed by atoms with Gasteiger partial charge in [-0.05, 0) is 0 Å². The highest BCUT2D eigenvalue weighted by Crippen LogP contribution is 2.13. The van der Waals surface area contributed by atoms with Crippen molar-refractivity contribution in [1.82, 2.24) is 0 Å². The Kier molecular flexibility index (Phi) is 5.66. The lowest BCUT2D eigenvalue weighted by molar-refractivity contribution is -0.194. The maximum Gasteiger partial charge on any atom is 0.537 e. The van der Waals surface area contributed by atoms with Crippen molar-refractivity contribution in [2.45, 2.75) is 6.18 Å². The minimum absolute atomic E-state index is 1.69. The highest BCUT2D eigenvalue weighted by atomic mass is 19.4. The molecule has 0 unspecified atom stereocenters. The minimum atomic E-state index is -5.08. The molecule has 0 amide bonds. The summed E-state index contributed by atoms with van der Waals surface area (Å²) in [5, 5.41) is 21.4. The van der Waals surface area contributed by atoms with Gasteiger partial charge in [0.2, 0.25) is 0 Å². The van der Waals surface area contributed by atoms with Crippen molar-refractivity contribution in [3.63, 3.8) is 0 Å². The zero-order valence-corrected chi connectivity index (χ0v) is 5.20. The molecule has 0 rings (SSSR count). The molecular formula is C3H3F3O6. The van der Waals surface area contributed by atoms with Gasteiger partial charge in [0, 0.05) is 0 Å². The molecule has 9 heteroatoms. The number of alkyl halides is 3. The van der Waals surface area contributed by atoms with Crippen LogP contribution in [0.4, 0.5) is 18.0 Å². The second kappa shape index (κ2) is 5.18. The Balaban J connectivity index is 0. The largest absolute Gasteiger partial charge is 0.537 e. The van der Waals surface area contributed by atoms with Crippen LogP contribution in [0.15, 0.2) is 0 Å². The van der Waals surface area contributed by atoms with Gasteiger partial charge in [-0.25, -0.2) is 9.59 Å². The first-order valence-electron chi connectivity index (χ1n) is 2.06. The lowest BCUT2D eigenvalue weighted by atomic mass is 10.7. The summed E-state index contributed by atoms with van der Waals surface area (Å²) in [5.41, 5.74) is 0. The number of carbonyl (C=O) groups is 2. The Morgan fingerprint density at radius 1 is 1.17 bits per heavy atom. The fourth-order valence-electron chi connectivity index (χ4n) is 0. The van der Waals surface area contributed by atoms with Gasteiger partial charge in [-0.15, -0.1) is 0 Å². The van der Waals surface area contributed by atoms with Crippen LogP contribution < -0.4 is 0 Å². The second-order valence-electron chi connectivity index (χ2n) is 1.16. The number of hydrogen-bond acceptors (Lipinski definition) is 4. The van der Waals surface area contributed by atoms with Gasteiger partial charge in [-0.2, -0.15) is 18.4 Å². The fourth-order valence-corrected chi connectivity index (χ4v) is 0. The first kappa shape index (κ1) is 13.1. The van der Waals surface area contributed by atoms with E-state index in [4.69, 9.17) is 25.1 Å². The molecule has 0 bridgehead atoms. The molecule has 0 saturated carbocycles. The molecule has 72 valence electrons. The predicted molar refractivity (Wildman–Crippen MR) is 25.4 cm³/mol. The zero-order chi connectivity index (χ0) is 10.4. The molecule has 12 heavy (non-hydrogen) atoms. The third-order valence-corrected chi connectivity index (χ3v) is 0.321. The van der Waals surface area contributed by atoms with Crippen LogP contribution in [0.2, 0.25) is 0 Å². The van der Waals surface area contributed by atoms with E-state index in [0.29, 0.717) is 0 Å². The highest BCUT2D eigenvalue weighted by Gasteiger charge is 2.38. The van der Waals surface area contributed by atoms with Gasteiger partial charge in [0.25, 0.3) is 0 Å². The highest BCUT2D eigenvalue weighted by molar-refractivity contribution is 5.73. The Bertz CT molecular complexity index is 162. The average Bonchev–Trinajstić information content (AvgIpc) is 1.87. The van der Waals surface area contributed by atoms with Crippen molar-refractivity contribution in [2.75, 3.05) is 0 Å². The molecule has 0 aliphatic heterocycles. The van der Waals surface area contributed by atoms with Gasteiger partial charge in [-0.3, -0.25) is 4.89 Å². The Labute approximate surface area is 62.7 Å². The number of aliphatic carboxylic acids is 1. The van der Waals surface area contributed by atoms with Gasteiger partial charge in [0.1, 0.15) is 0 Å². The van der Waals surface area contributed by atoms with Crippen LogP contribution in [-0.4, -0.2) is 33.8 Å². The van der Waals surface area contributed by atoms with Crippen LogP contribution >= 0.6 is 0 Å². The summed E-state index contributed by atoms with van der Waals surface area (Å²) in [7, 11) is 0. The standard InChI is InChI=1S/C2HF3O2.CH2O4/c3-2(4,5)1(6)7;2-1(3)5-4/h(H,6,7);4H,(H,2,3). The Hall–Kier alpha value is -1.51. The maximum absolute atomic E-state index is 10.6. The van der Waals surface area contributed by atoms with Crippen molar-refractivity contribution in [3.8, 4) is 0 Å². The van der Waals surface area contributed by atoms with Crippen LogP contribution in [0.1, 0.15) is 0 Å². The van der Waals surface area contributed by atoms with Crippen LogP contribution in [0.3, 0.4) is 0 Å². The van der Waals surface area contributed by atoms with Crippen molar-refractivity contribution in [3.05, 3.63) is 0 Å². The van der Waals surface area contributed by atoms with Gasteiger partial charge < -0.3 is 10.2 Å². The first-order valence-corrected chi connectivity index (χ1v) is 2.06. The molecule has 0 aromatic heterocycles. The molecule has 3 N–H and O–H groups in total. The first-order chi connectivity index (χ1) is 5.21. The zero-order valence-electron chi connectivity index (χ0n) is 5.20. The van der Waals surface area contributed by atoms with Gasteiger partial charge in [-0.1, -0.05) is 0 Å². The van der Waals surface area contributed by atoms with E-state index >= 15 is 0 Å². The van der Waals surface area contributed by atoms with Crippen molar-refractivity contribution in [2.24, 2.45) is 0 Å². The van der Waals surface area contributed by atoms with Crippen LogP contribution in [-0.2, 0) is 9.68 Å². The van der Waals surface area contributed by atoms with Gasteiger partial charge >= 0.3 is 18.3 Å².